The number of pyridine rings is 1. The third kappa shape index (κ3) is 3.91. The number of fused-ring (bicyclic) bond motifs is 1. The molecule has 1 unspecified atom stereocenters. The number of nitrogens with zero attached hydrogens (tertiary/aromatic N) is 4. The number of anilines is 2. The quantitative estimate of drug-likeness (QED) is 0.422. The van der Waals surface area contributed by atoms with Crippen LogP contribution in [0, 0.1) is 12.7 Å². The number of hydrogen-bond acceptors (Lipinski definition) is 4. The fourth-order valence-corrected chi connectivity index (χ4v) is 4.42. The first-order valence-corrected chi connectivity index (χ1v) is 10.6. The lowest BCUT2D eigenvalue weighted by atomic mass is 9.91. The van der Waals surface area contributed by atoms with Crippen molar-refractivity contribution < 1.29 is 4.39 Å². The van der Waals surface area contributed by atoms with Gasteiger partial charge in [0.25, 0.3) is 0 Å². The second-order valence-electron chi connectivity index (χ2n) is 7.74. The summed E-state index contributed by atoms with van der Waals surface area (Å²) in [5, 5.41) is 8.29. The van der Waals surface area contributed by atoms with E-state index in [4.69, 9.17) is 11.6 Å². The summed E-state index contributed by atoms with van der Waals surface area (Å²) in [5.74, 6) is 0.736. The van der Waals surface area contributed by atoms with Crippen molar-refractivity contribution in [3.8, 4) is 11.1 Å². The summed E-state index contributed by atoms with van der Waals surface area (Å²) in [6.45, 7) is 2.74. The predicted molar refractivity (Wildman–Crippen MR) is 120 cm³/mol. The van der Waals surface area contributed by atoms with Crippen molar-refractivity contribution in [1.29, 1.82) is 0 Å². The highest BCUT2D eigenvalue weighted by atomic mass is 35.5. The van der Waals surface area contributed by atoms with Crippen molar-refractivity contribution in [2.45, 2.75) is 32.2 Å². The highest BCUT2D eigenvalue weighted by Gasteiger charge is 2.29. The predicted octanol–water partition coefficient (Wildman–Crippen LogP) is 6.11. The Morgan fingerprint density at radius 2 is 1.94 bits per heavy atom. The van der Waals surface area contributed by atoms with E-state index in [0.717, 1.165) is 47.7 Å². The van der Waals surface area contributed by atoms with Crippen LogP contribution in [0.25, 0.3) is 11.1 Å². The fourth-order valence-electron chi connectivity index (χ4n) is 4.12. The molecule has 0 saturated heterocycles. The van der Waals surface area contributed by atoms with E-state index in [0.29, 0.717) is 16.5 Å². The maximum absolute atomic E-state index is 14.5. The van der Waals surface area contributed by atoms with E-state index in [-0.39, 0.29) is 11.7 Å². The minimum absolute atomic E-state index is 0.206. The first-order chi connectivity index (χ1) is 15.1. The van der Waals surface area contributed by atoms with Crippen molar-refractivity contribution in [2.24, 2.45) is 0 Å². The molecule has 5 nitrogen and oxygen atoms in total. The number of benzene rings is 2. The van der Waals surface area contributed by atoms with Gasteiger partial charge in [-0.15, -0.1) is 5.10 Å². The van der Waals surface area contributed by atoms with Gasteiger partial charge in [-0.25, -0.2) is 9.07 Å². The Morgan fingerprint density at radius 3 is 2.71 bits per heavy atom. The molecule has 1 N–H and O–H groups in total. The van der Waals surface area contributed by atoms with Gasteiger partial charge in [0.2, 0.25) is 5.95 Å². The van der Waals surface area contributed by atoms with Crippen molar-refractivity contribution in [1.82, 2.24) is 19.7 Å². The molecule has 156 valence electrons. The van der Waals surface area contributed by atoms with Crippen molar-refractivity contribution in [3.63, 3.8) is 0 Å². The normalized spacial score (nSPS) is 15.5. The summed E-state index contributed by atoms with van der Waals surface area (Å²) >= 11 is 6.32. The molecular weight excluding hydrogens is 413 g/mol. The van der Waals surface area contributed by atoms with Crippen LogP contribution in [-0.4, -0.2) is 19.7 Å². The van der Waals surface area contributed by atoms with Crippen molar-refractivity contribution in [3.05, 3.63) is 88.7 Å². The molecule has 0 amide bonds. The number of rotatable bonds is 4. The molecule has 0 radical (unpaired) electrons. The van der Waals surface area contributed by atoms with Crippen LogP contribution in [0.1, 0.15) is 35.8 Å². The first kappa shape index (κ1) is 19.7. The van der Waals surface area contributed by atoms with Crippen LogP contribution >= 0.6 is 11.6 Å². The zero-order chi connectivity index (χ0) is 21.4. The van der Waals surface area contributed by atoms with Crippen molar-refractivity contribution >= 4 is 23.2 Å². The molecule has 2 aromatic heterocycles. The molecule has 3 heterocycles. The molecule has 0 aliphatic carbocycles. The van der Waals surface area contributed by atoms with Gasteiger partial charge in [-0.3, -0.25) is 4.98 Å². The molecule has 4 aromatic rings. The fraction of sp³-hybridized carbons (Fsp3) is 0.208. The van der Waals surface area contributed by atoms with Gasteiger partial charge in [0.1, 0.15) is 11.6 Å². The Balaban J connectivity index is 1.40. The number of aryl methyl sites for hydroxylation is 2. The van der Waals surface area contributed by atoms with E-state index in [2.05, 4.69) is 38.6 Å². The summed E-state index contributed by atoms with van der Waals surface area (Å²) in [5.41, 5.74) is 4.61. The second-order valence-corrected chi connectivity index (χ2v) is 8.14. The highest BCUT2D eigenvalue weighted by Crippen LogP contribution is 2.38. The summed E-state index contributed by atoms with van der Waals surface area (Å²) < 4.78 is 16.4. The molecule has 5 rings (SSSR count). The van der Waals surface area contributed by atoms with Crippen LogP contribution < -0.4 is 5.32 Å². The summed E-state index contributed by atoms with van der Waals surface area (Å²) in [7, 11) is 0. The molecule has 31 heavy (non-hydrogen) atoms. The van der Waals surface area contributed by atoms with Crippen LogP contribution in [0.5, 0.6) is 0 Å². The molecule has 0 bridgehead atoms. The molecule has 7 heteroatoms. The Kier molecular flexibility index (Phi) is 5.16. The molecule has 0 spiro atoms. The van der Waals surface area contributed by atoms with Crippen LogP contribution in [0.2, 0.25) is 5.02 Å². The molecule has 0 saturated carbocycles. The van der Waals surface area contributed by atoms with Crippen LogP contribution in [0.4, 0.5) is 16.0 Å². The zero-order valence-electron chi connectivity index (χ0n) is 17.0. The molecule has 0 fully saturated rings. The second kappa shape index (κ2) is 8.12. The van der Waals surface area contributed by atoms with E-state index in [9.17, 15) is 4.39 Å². The summed E-state index contributed by atoms with van der Waals surface area (Å²) in [6.07, 6.45) is 3.50. The van der Waals surface area contributed by atoms with Gasteiger partial charge in [-0.05, 0) is 67.3 Å². The lowest BCUT2D eigenvalue weighted by Crippen LogP contribution is -2.19. The molecular formula is C24H21ClFN5. The van der Waals surface area contributed by atoms with Gasteiger partial charge >= 0.3 is 0 Å². The Bertz CT molecular complexity index is 1210. The minimum Gasteiger partial charge on any atom is -0.323 e. The molecule has 2 aromatic carbocycles. The topological polar surface area (TPSA) is 55.6 Å². The highest BCUT2D eigenvalue weighted by molar-refractivity contribution is 6.31. The van der Waals surface area contributed by atoms with E-state index in [1.54, 1.807) is 12.1 Å². The number of aromatic nitrogens is 4. The van der Waals surface area contributed by atoms with Gasteiger partial charge < -0.3 is 5.32 Å². The maximum Gasteiger partial charge on any atom is 0.246 e. The van der Waals surface area contributed by atoms with Crippen molar-refractivity contribution in [2.75, 3.05) is 5.32 Å². The van der Waals surface area contributed by atoms with Gasteiger partial charge in [0.15, 0.2) is 0 Å². The standard InChI is InChI=1S/C24H21ClFN5/c1-15-14-17(11-12-27-15)16-7-9-18(10-8-16)28-24-29-23-19(4-3-13-31(23)30-24)22-20(25)5-2-6-21(22)26/h2,5-12,14,19H,3-4,13H2,1H3,(H,28,30). The summed E-state index contributed by atoms with van der Waals surface area (Å²) in [4.78, 5) is 8.93. The third-order valence-electron chi connectivity index (χ3n) is 5.59. The van der Waals surface area contributed by atoms with Gasteiger partial charge in [0, 0.05) is 40.6 Å². The first-order valence-electron chi connectivity index (χ1n) is 10.3. The van der Waals surface area contributed by atoms with Gasteiger partial charge in [0.05, 0.1) is 0 Å². The average Bonchev–Trinajstić information content (AvgIpc) is 3.17. The SMILES string of the molecule is Cc1cc(-c2ccc(Nc3nc4n(n3)CCCC4c3c(F)cccc3Cl)cc2)ccn1. The van der Waals surface area contributed by atoms with Gasteiger partial charge in [-0.2, -0.15) is 4.98 Å². The number of hydrogen-bond donors (Lipinski definition) is 1. The Labute approximate surface area is 184 Å². The lowest BCUT2D eigenvalue weighted by molar-refractivity contribution is 0.437. The molecule has 1 atom stereocenters. The van der Waals surface area contributed by atoms with E-state index >= 15 is 0 Å². The average molecular weight is 434 g/mol. The largest absolute Gasteiger partial charge is 0.323 e. The van der Waals surface area contributed by atoms with Crippen LogP contribution in [-0.2, 0) is 6.54 Å². The smallest absolute Gasteiger partial charge is 0.246 e. The molecule has 1 aliphatic rings. The lowest BCUT2D eigenvalue weighted by Gasteiger charge is -2.23. The molecule has 1 aliphatic heterocycles. The van der Waals surface area contributed by atoms with E-state index in [1.807, 2.05) is 36.0 Å². The van der Waals surface area contributed by atoms with Crippen LogP contribution in [0.3, 0.4) is 0 Å². The third-order valence-corrected chi connectivity index (χ3v) is 5.92. The monoisotopic (exact) mass is 433 g/mol. The maximum atomic E-state index is 14.5. The Hall–Kier alpha value is -3.25. The van der Waals surface area contributed by atoms with E-state index < -0.39 is 0 Å². The minimum atomic E-state index is -0.301. The zero-order valence-corrected chi connectivity index (χ0v) is 17.8. The number of nitrogens with one attached hydrogen (secondary N) is 1. The summed E-state index contributed by atoms with van der Waals surface area (Å²) in [6, 6.07) is 16.9. The van der Waals surface area contributed by atoms with Crippen LogP contribution in [0.15, 0.2) is 60.8 Å². The Morgan fingerprint density at radius 1 is 1.10 bits per heavy atom. The number of halogens is 2. The van der Waals surface area contributed by atoms with Gasteiger partial charge in [-0.1, -0.05) is 29.8 Å². The van der Waals surface area contributed by atoms with E-state index in [1.165, 1.54) is 6.07 Å².